The maximum Gasteiger partial charge on any atom is 0.562 e. The van der Waals surface area contributed by atoms with E-state index in [0.717, 1.165) is 13.8 Å². The second-order valence-electron chi connectivity index (χ2n) is 3.87. The summed E-state index contributed by atoms with van der Waals surface area (Å²) in [6.45, 7) is 4.94. The molecule has 11 heteroatoms. The molecule has 11 nitrogen and oxygen atoms in total. The van der Waals surface area contributed by atoms with Crippen molar-refractivity contribution in [1.29, 1.82) is 0 Å². The Hall–Kier alpha value is -3.11. The molecule has 0 unspecified atom stereocenters. The van der Waals surface area contributed by atoms with Crippen LogP contribution in [0.15, 0.2) is 10.3 Å². The van der Waals surface area contributed by atoms with E-state index in [1.54, 1.807) is 0 Å². The number of oxime groups is 2. The van der Waals surface area contributed by atoms with Gasteiger partial charge in [-0.05, 0) is 13.8 Å². The van der Waals surface area contributed by atoms with Crippen molar-refractivity contribution in [3.63, 3.8) is 0 Å². The van der Waals surface area contributed by atoms with Gasteiger partial charge in [-0.3, -0.25) is 19.3 Å². The SMILES string of the molecule is CCOC(=O)/C(=N\OC(=O)O/N=C(/C(C)=O)C(=O)OCC)C(C)=O. The van der Waals surface area contributed by atoms with Crippen LogP contribution in [0.5, 0.6) is 0 Å². The van der Waals surface area contributed by atoms with Crippen LogP contribution in [0.2, 0.25) is 0 Å². The highest BCUT2D eigenvalue weighted by atomic mass is 16.8. The molecule has 24 heavy (non-hydrogen) atoms. The molecule has 0 aliphatic rings. The third-order valence-corrected chi connectivity index (χ3v) is 2.03. The van der Waals surface area contributed by atoms with Crippen LogP contribution in [0.3, 0.4) is 0 Å². The Morgan fingerprint density at radius 3 is 1.29 bits per heavy atom. The average molecular weight is 344 g/mol. The molecule has 0 spiro atoms. The molecule has 0 fully saturated rings. The Morgan fingerprint density at radius 2 is 1.04 bits per heavy atom. The molecule has 0 aliphatic carbocycles. The Labute approximate surface area is 136 Å². The molecule has 132 valence electrons. The molecule has 0 amide bonds. The lowest BCUT2D eigenvalue weighted by Crippen LogP contribution is -2.26. The first-order chi connectivity index (χ1) is 11.2. The van der Waals surface area contributed by atoms with Crippen LogP contribution in [-0.2, 0) is 38.3 Å². The Kier molecular flexibility index (Phi) is 9.22. The molecular weight excluding hydrogens is 328 g/mol. The predicted molar refractivity (Wildman–Crippen MR) is 77.1 cm³/mol. The summed E-state index contributed by atoms with van der Waals surface area (Å²) in [5.74, 6) is -3.84. The van der Waals surface area contributed by atoms with E-state index in [-0.39, 0.29) is 13.2 Å². The Morgan fingerprint density at radius 1 is 0.708 bits per heavy atom. The summed E-state index contributed by atoms with van der Waals surface area (Å²) in [6, 6.07) is 0. The van der Waals surface area contributed by atoms with E-state index in [1.807, 2.05) is 0 Å². The minimum atomic E-state index is -1.60. The van der Waals surface area contributed by atoms with Gasteiger partial charge in [-0.1, -0.05) is 10.3 Å². The van der Waals surface area contributed by atoms with Gasteiger partial charge >= 0.3 is 18.1 Å². The smallest absolute Gasteiger partial charge is 0.461 e. The molecule has 0 atom stereocenters. The van der Waals surface area contributed by atoms with E-state index >= 15 is 0 Å². The highest BCUT2D eigenvalue weighted by Gasteiger charge is 2.22. The summed E-state index contributed by atoms with van der Waals surface area (Å²) in [5.41, 5.74) is -1.56. The molecule has 0 bridgehead atoms. The molecule has 0 heterocycles. The van der Waals surface area contributed by atoms with E-state index in [1.165, 1.54) is 13.8 Å². The number of carbonyl (C=O) groups is 5. The molecule has 0 saturated heterocycles. The van der Waals surface area contributed by atoms with Gasteiger partial charge in [0.1, 0.15) is 0 Å². The highest BCUT2D eigenvalue weighted by Crippen LogP contribution is 1.96. The van der Waals surface area contributed by atoms with Crippen molar-refractivity contribution in [3.8, 4) is 0 Å². The van der Waals surface area contributed by atoms with Crippen LogP contribution >= 0.6 is 0 Å². The highest BCUT2D eigenvalue weighted by molar-refractivity contribution is 6.64. The largest absolute Gasteiger partial charge is 0.562 e. The first kappa shape index (κ1) is 20.9. The van der Waals surface area contributed by atoms with Crippen molar-refractivity contribution in [3.05, 3.63) is 0 Å². The fourth-order valence-electron chi connectivity index (χ4n) is 1.07. The number of rotatable bonds is 8. The summed E-state index contributed by atoms with van der Waals surface area (Å²) < 4.78 is 9.06. The van der Waals surface area contributed by atoms with Gasteiger partial charge < -0.3 is 9.47 Å². The van der Waals surface area contributed by atoms with Crippen molar-refractivity contribution < 1.29 is 43.1 Å². The van der Waals surface area contributed by atoms with E-state index in [2.05, 4.69) is 29.5 Å². The molecule has 0 aliphatic heterocycles. The molecule has 0 aromatic heterocycles. The van der Waals surface area contributed by atoms with Gasteiger partial charge in [-0.2, -0.15) is 4.79 Å². The van der Waals surface area contributed by atoms with E-state index in [4.69, 9.17) is 0 Å². The summed E-state index contributed by atoms with van der Waals surface area (Å²) in [7, 11) is 0. The maximum atomic E-state index is 11.4. The molecular formula is C13H16N2O9. The number of ketones is 2. The predicted octanol–water partition coefficient (Wildman–Crippen LogP) is 0.156. The minimum Gasteiger partial charge on any atom is -0.461 e. The van der Waals surface area contributed by atoms with Gasteiger partial charge in [0.15, 0.2) is 11.6 Å². The lowest BCUT2D eigenvalue weighted by Gasteiger charge is -2.02. The number of carbonyl (C=O) groups excluding carboxylic acids is 5. The van der Waals surface area contributed by atoms with Crippen molar-refractivity contribution in [2.75, 3.05) is 13.2 Å². The lowest BCUT2D eigenvalue weighted by molar-refractivity contribution is -0.137. The minimum absolute atomic E-state index is 0.0264. The molecule has 0 aromatic carbocycles. The van der Waals surface area contributed by atoms with Gasteiger partial charge in [-0.25, -0.2) is 9.59 Å². The maximum absolute atomic E-state index is 11.4. The van der Waals surface area contributed by atoms with Gasteiger partial charge in [-0.15, -0.1) is 0 Å². The second kappa shape index (κ2) is 10.6. The lowest BCUT2D eigenvalue weighted by atomic mass is 10.3. The van der Waals surface area contributed by atoms with Crippen LogP contribution in [0.4, 0.5) is 4.79 Å². The molecule has 0 radical (unpaired) electrons. The Balaban J connectivity index is 4.98. The first-order valence-corrected chi connectivity index (χ1v) is 6.64. The summed E-state index contributed by atoms with van der Waals surface area (Å²) >= 11 is 0. The fourth-order valence-corrected chi connectivity index (χ4v) is 1.07. The zero-order valence-corrected chi connectivity index (χ0v) is 13.5. The van der Waals surface area contributed by atoms with E-state index < -0.39 is 41.1 Å². The van der Waals surface area contributed by atoms with Crippen LogP contribution in [0.1, 0.15) is 27.7 Å². The van der Waals surface area contributed by atoms with Gasteiger partial charge in [0.25, 0.3) is 0 Å². The van der Waals surface area contributed by atoms with Gasteiger partial charge in [0.2, 0.25) is 11.4 Å². The van der Waals surface area contributed by atoms with Gasteiger partial charge in [0, 0.05) is 13.8 Å². The van der Waals surface area contributed by atoms with Crippen LogP contribution in [0, 0.1) is 0 Å². The number of esters is 2. The zero-order valence-electron chi connectivity index (χ0n) is 13.5. The number of Topliss-reactive ketones (excluding diaryl/α,β-unsaturated/α-hetero) is 2. The third-order valence-electron chi connectivity index (χ3n) is 2.03. The number of hydrogen-bond acceptors (Lipinski definition) is 11. The topological polar surface area (TPSA) is 147 Å². The van der Waals surface area contributed by atoms with E-state index in [9.17, 15) is 24.0 Å². The molecule has 0 saturated carbocycles. The van der Waals surface area contributed by atoms with Crippen LogP contribution < -0.4 is 0 Å². The van der Waals surface area contributed by atoms with Crippen molar-refractivity contribution >= 4 is 41.1 Å². The summed E-state index contributed by atoms with van der Waals surface area (Å²) in [4.78, 5) is 64.7. The normalized spacial score (nSPS) is 11.3. The number of nitrogens with zero attached hydrogens (tertiary/aromatic N) is 2. The second-order valence-corrected chi connectivity index (χ2v) is 3.87. The summed E-state index contributed by atoms with van der Waals surface area (Å²) in [5, 5.41) is 5.99. The molecule has 0 aromatic rings. The van der Waals surface area contributed by atoms with Gasteiger partial charge in [0.05, 0.1) is 13.2 Å². The monoisotopic (exact) mass is 344 g/mol. The van der Waals surface area contributed by atoms with E-state index in [0.29, 0.717) is 0 Å². The van der Waals surface area contributed by atoms with Crippen molar-refractivity contribution in [2.45, 2.75) is 27.7 Å². The van der Waals surface area contributed by atoms with Crippen LogP contribution in [0.25, 0.3) is 0 Å². The summed E-state index contributed by atoms with van der Waals surface area (Å²) in [6.07, 6.45) is -1.60. The standard InChI is InChI=1S/C13H16N2O9/c1-5-21-11(18)9(7(3)16)14-23-13(20)24-15-10(8(4)17)12(19)22-6-2/h5-6H2,1-4H3/b14-9-,15-10-. The number of ether oxygens (including phenoxy) is 2. The first-order valence-electron chi connectivity index (χ1n) is 6.64. The van der Waals surface area contributed by atoms with Crippen molar-refractivity contribution in [1.82, 2.24) is 0 Å². The number of hydrogen-bond donors (Lipinski definition) is 0. The van der Waals surface area contributed by atoms with Crippen LogP contribution in [-0.4, -0.2) is 54.3 Å². The zero-order chi connectivity index (χ0) is 18.7. The Bertz CT molecular complexity index is 542. The fraction of sp³-hybridized carbons (Fsp3) is 0.462. The molecule has 0 N–H and O–H groups in total. The van der Waals surface area contributed by atoms with Crippen molar-refractivity contribution in [2.24, 2.45) is 10.3 Å². The molecule has 0 rings (SSSR count). The average Bonchev–Trinajstić information content (AvgIpc) is 2.47. The third kappa shape index (κ3) is 7.24. The quantitative estimate of drug-likeness (QED) is 0.197.